The number of benzene rings is 1. The number of rotatable bonds is 12. The Morgan fingerprint density at radius 2 is 1.64 bits per heavy atom. The van der Waals surface area contributed by atoms with Crippen molar-refractivity contribution in [2.24, 2.45) is 17.3 Å². The molecule has 0 radical (unpaired) electrons. The van der Waals surface area contributed by atoms with Gasteiger partial charge in [0.15, 0.2) is 0 Å². The number of carbonyl (C=O) groups excluding carboxylic acids is 5. The number of fused-ring (bicyclic) bond motifs is 1. The van der Waals surface area contributed by atoms with E-state index < -0.39 is 57.4 Å². The van der Waals surface area contributed by atoms with E-state index in [0.29, 0.717) is 25.1 Å². The molecule has 0 spiro atoms. The van der Waals surface area contributed by atoms with Gasteiger partial charge in [0, 0.05) is 24.7 Å². The Kier molecular flexibility index (Phi) is 15.0. The van der Waals surface area contributed by atoms with Crippen molar-refractivity contribution in [3.8, 4) is 0 Å². The number of nitrogens with one attached hydrogen (secondary N) is 3. The maximum absolute atomic E-state index is 13.5. The minimum atomic E-state index is -1.74. The first kappa shape index (κ1) is 43.8. The lowest BCUT2D eigenvalue weighted by molar-refractivity contribution is -0.152. The van der Waals surface area contributed by atoms with Crippen LogP contribution in [0.4, 0.5) is 4.79 Å². The first-order valence-electron chi connectivity index (χ1n) is 17.7. The Morgan fingerprint density at radius 1 is 0.962 bits per heavy atom. The van der Waals surface area contributed by atoms with E-state index in [0.717, 1.165) is 16.3 Å². The zero-order valence-corrected chi connectivity index (χ0v) is 34.1. The summed E-state index contributed by atoms with van der Waals surface area (Å²) in [6, 6.07) is 5.57. The summed E-state index contributed by atoms with van der Waals surface area (Å²) >= 11 is 17.1. The van der Waals surface area contributed by atoms with Crippen LogP contribution in [-0.2, 0) is 28.7 Å². The van der Waals surface area contributed by atoms with E-state index in [1.54, 1.807) is 73.7 Å². The van der Waals surface area contributed by atoms with Crippen molar-refractivity contribution in [1.82, 2.24) is 25.8 Å². The molecule has 1 aliphatic heterocycles. The fraction of sp³-hybridized carbons (Fsp3) is 0.579. The summed E-state index contributed by atoms with van der Waals surface area (Å²) in [6.07, 6.45) is 5.78. The minimum absolute atomic E-state index is 0.111. The Hall–Kier alpha value is -3.61. The summed E-state index contributed by atoms with van der Waals surface area (Å²) in [5.74, 6) is -2.70. The van der Waals surface area contributed by atoms with Gasteiger partial charge in [-0.2, -0.15) is 0 Å². The highest BCUT2D eigenvalue weighted by atomic mass is 35.6. The molecule has 15 heteroatoms. The molecule has 292 valence electrons. The molecule has 1 aliphatic rings. The number of hydrogen-bond acceptors (Lipinski definition) is 8. The van der Waals surface area contributed by atoms with Crippen LogP contribution in [-0.4, -0.2) is 80.8 Å². The maximum atomic E-state index is 13.5. The van der Waals surface area contributed by atoms with Crippen molar-refractivity contribution in [2.45, 2.75) is 103 Å². The van der Waals surface area contributed by atoms with Gasteiger partial charge in [-0.1, -0.05) is 66.9 Å². The minimum Gasteiger partial charge on any atom is -0.461 e. The van der Waals surface area contributed by atoms with Crippen LogP contribution in [0.25, 0.3) is 16.8 Å². The number of piperidine rings is 1. The smallest absolute Gasteiger partial charge is 0.408 e. The van der Waals surface area contributed by atoms with Gasteiger partial charge in [-0.3, -0.25) is 24.2 Å². The van der Waals surface area contributed by atoms with E-state index in [1.807, 2.05) is 31.2 Å². The number of pyridine rings is 1. The summed E-state index contributed by atoms with van der Waals surface area (Å²) in [5.41, 5.74) is -0.141. The van der Waals surface area contributed by atoms with Gasteiger partial charge < -0.3 is 30.3 Å². The average molecular weight is 797 g/mol. The van der Waals surface area contributed by atoms with E-state index in [4.69, 9.17) is 44.3 Å². The molecule has 0 bridgehead atoms. The number of hydrogen-bond donors (Lipinski definition) is 3. The third-order valence-electron chi connectivity index (χ3n) is 8.67. The normalized spacial score (nSPS) is 17.2. The lowest BCUT2D eigenvalue weighted by Gasteiger charge is -2.34. The van der Waals surface area contributed by atoms with Gasteiger partial charge in [0.2, 0.25) is 21.5 Å². The van der Waals surface area contributed by atoms with Crippen LogP contribution < -0.4 is 16.0 Å². The standard InChI is InChI=1S/C38H52Cl3N5O7/c1-22(2)30(31(47)43-24(4)32(48)46-16-10-11-27(20-46)33(49)52-21-38(39,40)41)45-34(50)37(8,9)15-14-29-18-28-17-25(12-13-26(28)19-42-29)23(3)44-35(51)53-36(5,6)7/h12-15,17-19,22-24,27,30H,10-11,16,20-21H2,1-9H3,(H,43,47)(H,44,51)(H,45,50)/b15-14+/t23-,24+,27-,30+/m1/s1. The first-order valence-corrected chi connectivity index (χ1v) is 18.8. The lowest BCUT2D eigenvalue weighted by Crippen LogP contribution is -2.57. The van der Waals surface area contributed by atoms with Gasteiger partial charge in [-0.25, -0.2) is 4.79 Å². The predicted octanol–water partition coefficient (Wildman–Crippen LogP) is 6.66. The molecule has 2 heterocycles. The average Bonchev–Trinajstić information content (AvgIpc) is 3.06. The van der Waals surface area contributed by atoms with Gasteiger partial charge >= 0.3 is 12.1 Å². The highest BCUT2D eigenvalue weighted by molar-refractivity contribution is 6.67. The fourth-order valence-corrected chi connectivity index (χ4v) is 5.78. The molecule has 4 atom stereocenters. The van der Waals surface area contributed by atoms with Crippen LogP contribution in [0, 0.1) is 17.3 Å². The summed E-state index contributed by atoms with van der Waals surface area (Å²) < 4.78 is 8.75. The van der Waals surface area contributed by atoms with Crippen molar-refractivity contribution in [3.05, 3.63) is 47.8 Å². The van der Waals surface area contributed by atoms with Crippen LogP contribution in [0.2, 0.25) is 0 Å². The van der Waals surface area contributed by atoms with Crippen molar-refractivity contribution in [3.63, 3.8) is 0 Å². The SMILES string of the molecule is CC(C)[C@H](NC(=O)C(C)(C)/C=C/c1cc2cc([C@@H](C)NC(=O)OC(C)(C)C)ccc2cn1)C(=O)N[C@@H](C)C(=O)N1CCC[C@@H](C(=O)OCC(Cl)(Cl)Cl)C1. The third kappa shape index (κ3) is 13.6. The van der Waals surface area contributed by atoms with Crippen LogP contribution in [0.1, 0.15) is 92.5 Å². The predicted molar refractivity (Wildman–Crippen MR) is 207 cm³/mol. The Bertz CT molecular complexity index is 1690. The first-order chi connectivity index (χ1) is 24.5. The molecule has 1 aromatic heterocycles. The number of amides is 4. The molecule has 0 aliphatic carbocycles. The van der Waals surface area contributed by atoms with Gasteiger partial charge in [0.1, 0.15) is 24.3 Å². The summed E-state index contributed by atoms with van der Waals surface area (Å²) in [4.78, 5) is 71.1. The zero-order chi connectivity index (χ0) is 39.9. The van der Waals surface area contributed by atoms with E-state index in [-0.39, 0.29) is 30.3 Å². The summed E-state index contributed by atoms with van der Waals surface area (Å²) in [7, 11) is 0. The quantitative estimate of drug-likeness (QED) is 0.159. The van der Waals surface area contributed by atoms with Crippen LogP contribution in [0.3, 0.4) is 0 Å². The van der Waals surface area contributed by atoms with E-state index >= 15 is 0 Å². The highest BCUT2D eigenvalue weighted by Gasteiger charge is 2.35. The molecule has 3 N–H and O–H groups in total. The summed E-state index contributed by atoms with van der Waals surface area (Å²) in [6.45, 7) is 16.0. The Labute approximate surface area is 327 Å². The van der Waals surface area contributed by atoms with Crippen molar-refractivity contribution in [1.29, 1.82) is 0 Å². The number of likely N-dealkylation sites (tertiary alicyclic amines) is 1. The van der Waals surface area contributed by atoms with Crippen LogP contribution >= 0.6 is 34.8 Å². The number of carbonyl (C=O) groups is 5. The molecule has 0 unspecified atom stereocenters. The van der Waals surface area contributed by atoms with Gasteiger partial charge in [0.25, 0.3) is 0 Å². The summed E-state index contributed by atoms with van der Waals surface area (Å²) in [5, 5.41) is 10.3. The number of alkyl carbamates (subject to hydrolysis) is 1. The molecule has 4 amide bonds. The van der Waals surface area contributed by atoms with E-state index in [1.165, 1.54) is 4.90 Å². The van der Waals surface area contributed by atoms with Crippen molar-refractivity contribution in [2.75, 3.05) is 19.7 Å². The number of halogens is 3. The molecular formula is C38H52Cl3N5O7. The number of esters is 1. The van der Waals surface area contributed by atoms with Gasteiger partial charge in [-0.15, -0.1) is 0 Å². The van der Waals surface area contributed by atoms with Crippen LogP contribution in [0.15, 0.2) is 36.5 Å². The Balaban J connectivity index is 1.63. The van der Waals surface area contributed by atoms with Gasteiger partial charge in [0.05, 0.1) is 23.1 Å². The molecule has 2 aromatic rings. The molecule has 3 rings (SSSR count). The zero-order valence-electron chi connectivity index (χ0n) is 31.8. The number of aromatic nitrogens is 1. The second-order valence-corrected chi connectivity index (χ2v) is 17.9. The second kappa shape index (κ2) is 18.1. The molecule has 1 aromatic carbocycles. The number of nitrogens with zero attached hydrogens (tertiary/aromatic N) is 2. The second-order valence-electron chi connectivity index (χ2n) is 15.4. The lowest BCUT2D eigenvalue weighted by atomic mass is 9.90. The highest BCUT2D eigenvalue weighted by Crippen LogP contribution is 2.28. The topological polar surface area (TPSA) is 156 Å². The number of alkyl halides is 3. The largest absolute Gasteiger partial charge is 0.461 e. The molecule has 0 saturated carbocycles. The fourth-order valence-electron chi connectivity index (χ4n) is 5.62. The third-order valence-corrected chi connectivity index (χ3v) is 8.99. The molecule has 12 nitrogen and oxygen atoms in total. The van der Waals surface area contributed by atoms with Crippen molar-refractivity contribution < 1.29 is 33.4 Å². The molecule has 1 fully saturated rings. The molecular weight excluding hydrogens is 745 g/mol. The monoisotopic (exact) mass is 795 g/mol. The Morgan fingerprint density at radius 3 is 2.26 bits per heavy atom. The number of ether oxygens (including phenoxy) is 2. The van der Waals surface area contributed by atoms with E-state index in [9.17, 15) is 24.0 Å². The van der Waals surface area contributed by atoms with Crippen LogP contribution in [0.5, 0.6) is 0 Å². The molecule has 1 saturated heterocycles. The molecule has 53 heavy (non-hydrogen) atoms. The van der Waals surface area contributed by atoms with E-state index in [2.05, 4.69) is 20.9 Å². The maximum Gasteiger partial charge on any atom is 0.408 e. The van der Waals surface area contributed by atoms with Gasteiger partial charge in [-0.05, 0) is 96.4 Å². The van der Waals surface area contributed by atoms with Crippen molar-refractivity contribution >= 4 is 81.4 Å².